The molecule has 0 N–H and O–H groups in total. The van der Waals surface area contributed by atoms with Gasteiger partial charge in [0.2, 0.25) is 0 Å². The standard InChI is InChI=1S/C17H31N3/c1-5-7-9-10-12-15(11-8-6-2)16-13-18-14-17(19-16)20(3)4/h13-15H,5-12H2,1-4H3. The quantitative estimate of drug-likeness (QED) is 0.576. The smallest absolute Gasteiger partial charge is 0.146 e. The minimum absolute atomic E-state index is 0.583. The van der Waals surface area contributed by atoms with Crippen LogP contribution in [-0.2, 0) is 0 Å². The van der Waals surface area contributed by atoms with Crippen LogP contribution in [0.25, 0.3) is 0 Å². The van der Waals surface area contributed by atoms with Crippen molar-refractivity contribution in [3.63, 3.8) is 0 Å². The van der Waals surface area contributed by atoms with Gasteiger partial charge in [0.25, 0.3) is 0 Å². The predicted molar refractivity (Wildman–Crippen MR) is 87.4 cm³/mol. The van der Waals surface area contributed by atoms with Gasteiger partial charge in [-0.3, -0.25) is 4.98 Å². The number of hydrogen-bond donors (Lipinski definition) is 0. The number of aromatic nitrogens is 2. The van der Waals surface area contributed by atoms with Crippen molar-refractivity contribution in [2.45, 2.75) is 71.1 Å². The average Bonchev–Trinajstić information content (AvgIpc) is 2.46. The molecule has 1 unspecified atom stereocenters. The minimum Gasteiger partial charge on any atom is -0.361 e. The third-order valence-corrected chi connectivity index (χ3v) is 3.83. The van der Waals surface area contributed by atoms with E-state index in [-0.39, 0.29) is 0 Å². The summed E-state index contributed by atoms with van der Waals surface area (Å²) in [6.45, 7) is 4.52. The molecule has 1 atom stereocenters. The largest absolute Gasteiger partial charge is 0.361 e. The molecule has 3 nitrogen and oxygen atoms in total. The van der Waals surface area contributed by atoms with E-state index < -0.39 is 0 Å². The Balaban J connectivity index is 2.67. The van der Waals surface area contributed by atoms with Crippen LogP contribution in [0.15, 0.2) is 12.4 Å². The Hall–Kier alpha value is -1.12. The molecular formula is C17H31N3. The summed E-state index contributed by atoms with van der Waals surface area (Å²) in [5.74, 6) is 1.55. The van der Waals surface area contributed by atoms with Crippen molar-refractivity contribution in [3.05, 3.63) is 18.1 Å². The first-order chi connectivity index (χ1) is 9.69. The molecule has 3 heteroatoms. The minimum atomic E-state index is 0.583. The van der Waals surface area contributed by atoms with E-state index in [1.807, 2.05) is 31.4 Å². The second-order valence-corrected chi connectivity index (χ2v) is 5.89. The summed E-state index contributed by atoms with van der Waals surface area (Å²) in [6, 6.07) is 0. The van der Waals surface area contributed by atoms with E-state index in [4.69, 9.17) is 4.98 Å². The van der Waals surface area contributed by atoms with E-state index in [1.165, 1.54) is 57.1 Å². The Kier molecular flexibility index (Phi) is 8.24. The second-order valence-electron chi connectivity index (χ2n) is 5.89. The average molecular weight is 277 g/mol. The molecule has 1 heterocycles. The molecule has 0 bridgehead atoms. The van der Waals surface area contributed by atoms with Crippen molar-refractivity contribution < 1.29 is 0 Å². The lowest BCUT2D eigenvalue weighted by Crippen LogP contribution is -2.13. The lowest BCUT2D eigenvalue weighted by Gasteiger charge is -2.18. The third kappa shape index (κ3) is 5.89. The van der Waals surface area contributed by atoms with Gasteiger partial charge in [-0.1, -0.05) is 52.4 Å². The highest BCUT2D eigenvalue weighted by Gasteiger charge is 2.14. The molecule has 0 saturated heterocycles. The zero-order valence-electron chi connectivity index (χ0n) is 13.7. The van der Waals surface area contributed by atoms with Crippen molar-refractivity contribution in [1.29, 1.82) is 0 Å². The van der Waals surface area contributed by atoms with Crippen LogP contribution in [0.4, 0.5) is 5.82 Å². The summed E-state index contributed by atoms with van der Waals surface area (Å²) in [6.07, 6.45) is 14.2. The molecular weight excluding hydrogens is 246 g/mol. The highest BCUT2D eigenvalue weighted by Crippen LogP contribution is 2.27. The van der Waals surface area contributed by atoms with E-state index in [9.17, 15) is 0 Å². The zero-order valence-corrected chi connectivity index (χ0v) is 13.7. The monoisotopic (exact) mass is 277 g/mol. The Labute approximate surface area is 124 Å². The van der Waals surface area contributed by atoms with Crippen LogP contribution in [0.5, 0.6) is 0 Å². The molecule has 0 radical (unpaired) electrons. The van der Waals surface area contributed by atoms with Crippen LogP contribution in [0.2, 0.25) is 0 Å². The fraction of sp³-hybridized carbons (Fsp3) is 0.765. The molecule has 0 fully saturated rings. The van der Waals surface area contributed by atoms with Crippen LogP contribution in [0.3, 0.4) is 0 Å². The maximum absolute atomic E-state index is 4.79. The van der Waals surface area contributed by atoms with Gasteiger partial charge in [0.15, 0.2) is 0 Å². The molecule has 0 aliphatic rings. The predicted octanol–water partition coefficient (Wildman–Crippen LogP) is 4.79. The fourth-order valence-corrected chi connectivity index (χ4v) is 2.49. The number of nitrogens with zero attached hydrogens (tertiary/aromatic N) is 3. The van der Waals surface area contributed by atoms with Gasteiger partial charge in [-0.15, -0.1) is 0 Å². The molecule has 0 spiro atoms. The van der Waals surface area contributed by atoms with Gasteiger partial charge in [0.05, 0.1) is 11.9 Å². The van der Waals surface area contributed by atoms with Gasteiger partial charge in [-0.05, 0) is 12.8 Å². The number of unbranched alkanes of at least 4 members (excludes halogenated alkanes) is 4. The summed E-state index contributed by atoms with van der Waals surface area (Å²) >= 11 is 0. The Morgan fingerprint density at radius 1 is 0.950 bits per heavy atom. The summed E-state index contributed by atoms with van der Waals surface area (Å²) < 4.78 is 0. The van der Waals surface area contributed by atoms with Crippen molar-refractivity contribution >= 4 is 5.82 Å². The molecule has 1 aromatic rings. The summed E-state index contributed by atoms with van der Waals surface area (Å²) in [7, 11) is 4.05. The Bertz CT molecular complexity index is 363. The van der Waals surface area contributed by atoms with Crippen molar-refractivity contribution in [2.24, 2.45) is 0 Å². The van der Waals surface area contributed by atoms with Gasteiger partial charge < -0.3 is 4.90 Å². The fourth-order valence-electron chi connectivity index (χ4n) is 2.49. The van der Waals surface area contributed by atoms with Gasteiger partial charge in [-0.2, -0.15) is 0 Å². The highest BCUT2D eigenvalue weighted by atomic mass is 15.1. The molecule has 20 heavy (non-hydrogen) atoms. The number of hydrogen-bond acceptors (Lipinski definition) is 3. The molecule has 1 rings (SSSR count). The summed E-state index contributed by atoms with van der Waals surface area (Å²) in [5, 5.41) is 0. The summed E-state index contributed by atoms with van der Waals surface area (Å²) in [4.78, 5) is 11.2. The zero-order chi connectivity index (χ0) is 14.8. The van der Waals surface area contributed by atoms with Crippen molar-refractivity contribution in [1.82, 2.24) is 9.97 Å². The highest BCUT2D eigenvalue weighted by molar-refractivity contribution is 5.34. The first-order valence-electron chi connectivity index (χ1n) is 8.18. The lowest BCUT2D eigenvalue weighted by atomic mass is 9.92. The van der Waals surface area contributed by atoms with E-state index in [2.05, 4.69) is 18.8 Å². The van der Waals surface area contributed by atoms with Gasteiger partial charge >= 0.3 is 0 Å². The molecule has 0 saturated carbocycles. The maximum Gasteiger partial charge on any atom is 0.146 e. The maximum atomic E-state index is 4.79. The molecule has 0 aliphatic carbocycles. The third-order valence-electron chi connectivity index (χ3n) is 3.83. The van der Waals surface area contributed by atoms with E-state index in [0.717, 1.165) is 5.82 Å². The Morgan fingerprint density at radius 3 is 2.30 bits per heavy atom. The van der Waals surface area contributed by atoms with Crippen LogP contribution in [0, 0.1) is 0 Å². The van der Waals surface area contributed by atoms with Crippen LogP contribution in [0.1, 0.15) is 76.8 Å². The topological polar surface area (TPSA) is 29.0 Å². The number of rotatable bonds is 10. The SMILES string of the molecule is CCCCCCC(CCCC)c1cncc(N(C)C)n1. The molecule has 1 aromatic heterocycles. The van der Waals surface area contributed by atoms with Gasteiger partial charge in [0, 0.05) is 26.2 Å². The second kappa shape index (κ2) is 9.73. The number of anilines is 1. The molecule has 0 aromatic carbocycles. The van der Waals surface area contributed by atoms with E-state index in [0.29, 0.717) is 5.92 Å². The van der Waals surface area contributed by atoms with Crippen LogP contribution < -0.4 is 4.90 Å². The van der Waals surface area contributed by atoms with Crippen LogP contribution in [-0.4, -0.2) is 24.1 Å². The van der Waals surface area contributed by atoms with Crippen molar-refractivity contribution in [2.75, 3.05) is 19.0 Å². The molecule has 0 aliphatic heterocycles. The summed E-state index contributed by atoms with van der Waals surface area (Å²) in [5.41, 5.74) is 1.18. The lowest BCUT2D eigenvalue weighted by molar-refractivity contribution is 0.499. The van der Waals surface area contributed by atoms with Gasteiger partial charge in [-0.25, -0.2) is 4.98 Å². The van der Waals surface area contributed by atoms with Crippen molar-refractivity contribution in [3.8, 4) is 0 Å². The van der Waals surface area contributed by atoms with E-state index >= 15 is 0 Å². The Morgan fingerprint density at radius 2 is 1.65 bits per heavy atom. The first-order valence-corrected chi connectivity index (χ1v) is 8.18. The molecule has 0 amide bonds. The first kappa shape index (κ1) is 16.9. The normalized spacial score (nSPS) is 12.4. The van der Waals surface area contributed by atoms with Crippen LogP contribution >= 0.6 is 0 Å². The van der Waals surface area contributed by atoms with E-state index in [1.54, 1.807) is 0 Å². The molecule has 114 valence electrons. The van der Waals surface area contributed by atoms with Gasteiger partial charge in [0.1, 0.15) is 5.82 Å².